The van der Waals surface area contributed by atoms with Crippen molar-refractivity contribution in [1.29, 1.82) is 0 Å². The van der Waals surface area contributed by atoms with Gasteiger partial charge in [0.05, 0.1) is 13.2 Å². The Hall–Kier alpha value is -0.660. The Labute approximate surface area is 169 Å². The zero-order valence-electron chi connectivity index (χ0n) is 15.5. The van der Waals surface area contributed by atoms with E-state index in [1.807, 2.05) is 0 Å². The normalized spacial score (nSPS) is 40.6. The molecule has 0 aromatic heterocycles. The third kappa shape index (κ3) is 6.17. The predicted molar refractivity (Wildman–Crippen MR) is 90.3 cm³/mol. The van der Waals surface area contributed by atoms with Gasteiger partial charge in [-0.2, -0.15) is 0 Å². The van der Waals surface area contributed by atoms with Crippen molar-refractivity contribution in [3.05, 3.63) is 0 Å². The van der Waals surface area contributed by atoms with Crippen molar-refractivity contribution < 1.29 is 63.0 Å². The molecule has 9 atom stereocenters. The number of carbonyl (C=O) groups excluding carboxylic acids is 1. The van der Waals surface area contributed by atoms with E-state index in [4.69, 9.17) is 28.4 Å². The maximum Gasteiger partial charge on any atom is 0.217 e. The predicted octanol–water partition coefficient (Wildman–Crippen LogP) is -2.95. The Balaban J connectivity index is 2.28. The third-order valence-corrected chi connectivity index (χ3v) is 4.80. The fourth-order valence-corrected chi connectivity index (χ4v) is 3.43. The number of aliphatic hydroxyl groups is 4. The van der Waals surface area contributed by atoms with Crippen LogP contribution in [0.15, 0.2) is 0 Å². The molecule has 0 aromatic carbocycles. The number of ether oxygens (including phenoxy) is 4. The lowest BCUT2D eigenvalue weighted by Crippen LogP contribution is -2.67. The minimum absolute atomic E-state index is 0.187. The summed E-state index contributed by atoms with van der Waals surface area (Å²) in [6, 6.07) is -1.01. The molecule has 2 rings (SSSR count). The van der Waals surface area contributed by atoms with Gasteiger partial charge in [-0.25, -0.2) is 5.26 Å². The molecule has 1 amide bonds. The Morgan fingerprint density at radius 1 is 1.21 bits per heavy atom. The lowest BCUT2D eigenvalue weighted by molar-refractivity contribution is -0.435. The molecular weight excluding hydrogens is 422 g/mol. The lowest BCUT2D eigenvalue weighted by Gasteiger charge is -2.46. The first-order chi connectivity index (χ1) is 13.8. The summed E-state index contributed by atoms with van der Waals surface area (Å²) in [5, 5.41) is 53.6. The van der Waals surface area contributed by atoms with Crippen LogP contribution in [0.4, 0.5) is 0 Å². The Morgan fingerprint density at radius 2 is 1.93 bits per heavy atom. The molecule has 14 nitrogen and oxygen atoms in total. The van der Waals surface area contributed by atoms with Crippen LogP contribution in [0.3, 0.4) is 0 Å². The van der Waals surface area contributed by atoms with Crippen LogP contribution in [-0.2, 0) is 37.3 Å². The van der Waals surface area contributed by atoms with Crippen molar-refractivity contribution in [2.24, 2.45) is 0 Å². The summed E-state index contributed by atoms with van der Waals surface area (Å²) in [6.45, 7) is 0.351. The molecule has 2 saturated heterocycles. The Morgan fingerprint density at radius 3 is 2.52 bits per heavy atom. The first kappa shape index (κ1) is 24.6. The third-order valence-electron chi connectivity index (χ3n) is 4.38. The van der Waals surface area contributed by atoms with Crippen molar-refractivity contribution in [3.8, 4) is 0 Å². The second-order valence-corrected chi connectivity index (χ2v) is 6.77. The van der Waals surface area contributed by atoms with E-state index in [2.05, 4.69) is 14.7 Å². The van der Waals surface area contributed by atoms with Crippen molar-refractivity contribution >= 4 is 18.2 Å². The van der Waals surface area contributed by atoms with E-state index in [0.29, 0.717) is 0 Å². The van der Waals surface area contributed by atoms with E-state index < -0.39 is 67.8 Å². The van der Waals surface area contributed by atoms with Crippen molar-refractivity contribution in [1.82, 2.24) is 5.32 Å². The first-order valence-corrected chi connectivity index (χ1v) is 9.18. The number of hydrogen-bond donors (Lipinski definition) is 6. The fourth-order valence-electron chi connectivity index (χ4n) is 3.05. The molecular formula is C14H25NO13S. The van der Waals surface area contributed by atoms with E-state index >= 15 is 0 Å². The highest BCUT2D eigenvalue weighted by molar-refractivity contribution is 7.89. The first-order valence-electron chi connectivity index (χ1n) is 8.51. The average molecular weight is 447 g/mol. The molecule has 6 N–H and O–H groups in total. The second-order valence-electron chi connectivity index (χ2n) is 6.31. The SMILES string of the molecule is CO[C@@H]1OC(CO)[C@H](OSOOO)[C@H](O[C@@H]2OC[C@H](O)[C@H](O)C2O)C1NC(C)=O. The highest BCUT2D eigenvalue weighted by Crippen LogP contribution is 2.31. The summed E-state index contributed by atoms with van der Waals surface area (Å²) in [5.41, 5.74) is 0. The van der Waals surface area contributed by atoms with Gasteiger partial charge in [0, 0.05) is 14.0 Å². The van der Waals surface area contributed by atoms with Crippen molar-refractivity contribution in [3.63, 3.8) is 0 Å². The summed E-state index contributed by atoms with van der Waals surface area (Å²) in [7, 11) is 1.30. The molecule has 2 aliphatic rings. The van der Waals surface area contributed by atoms with E-state index in [9.17, 15) is 25.2 Å². The molecule has 170 valence electrons. The van der Waals surface area contributed by atoms with Gasteiger partial charge in [-0.15, -0.1) is 4.33 Å². The monoisotopic (exact) mass is 447 g/mol. The summed E-state index contributed by atoms with van der Waals surface area (Å²) in [6.07, 6.45) is -10.4. The van der Waals surface area contributed by atoms with Gasteiger partial charge >= 0.3 is 0 Å². The van der Waals surface area contributed by atoms with Gasteiger partial charge in [0.25, 0.3) is 0 Å². The van der Waals surface area contributed by atoms with Crippen LogP contribution in [-0.4, -0.2) is 107 Å². The van der Waals surface area contributed by atoms with Gasteiger partial charge < -0.3 is 44.7 Å². The molecule has 3 unspecified atom stereocenters. The summed E-state index contributed by atoms with van der Waals surface area (Å²) < 4.78 is 31.3. The summed E-state index contributed by atoms with van der Waals surface area (Å²) in [4.78, 5) is 11.7. The molecule has 0 aliphatic carbocycles. The standard InChI is InChI=1S/C14H25NO13S/c1-5(17)15-8-12(25-14-10(20)9(19)6(18)4-23-14)11(26-29-28-27-21)7(3-16)24-13(8)22-2/h6-14,16,18-21H,3-4H2,1-2H3,(H,15,17)/t6-,7?,8?,9-,10?,11-,12+,13+,14-/m0/s1. The second kappa shape index (κ2) is 11.7. The molecule has 15 heteroatoms. The van der Waals surface area contributed by atoms with Crippen LogP contribution in [0.5, 0.6) is 0 Å². The van der Waals surface area contributed by atoms with Gasteiger partial charge in [0.2, 0.25) is 5.91 Å². The summed E-state index contributed by atoms with van der Waals surface area (Å²) >= 11 is 0.187. The van der Waals surface area contributed by atoms with E-state index in [1.54, 1.807) is 0 Å². The zero-order valence-corrected chi connectivity index (χ0v) is 16.3. The number of methoxy groups -OCH3 is 1. The highest BCUT2D eigenvalue weighted by Gasteiger charge is 2.51. The van der Waals surface area contributed by atoms with Crippen LogP contribution in [0.2, 0.25) is 0 Å². The van der Waals surface area contributed by atoms with E-state index in [1.165, 1.54) is 14.0 Å². The van der Waals surface area contributed by atoms with Crippen LogP contribution in [0, 0.1) is 0 Å². The van der Waals surface area contributed by atoms with Gasteiger partial charge in [-0.05, 0) is 0 Å². The number of amides is 1. The number of nitrogens with one attached hydrogen (secondary N) is 1. The largest absolute Gasteiger partial charge is 0.394 e. The van der Waals surface area contributed by atoms with Crippen LogP contribution >= 0.6 is 12.3 Å². The summed E-state index contributed by atoms with van der Waals surface area (Å²) in [5.74, 6) is -0.474. The minimum Gasteiger partial charge on any atom is -0.394 e. The number of carbonyl (C=O) groups is 1. The van der Waals surface area contributed by atoms with E-state index in [0.717, 1.165) is 0 Å². The minimum atomic E-state index is -1.63. The van der Waals surface area contributed by atoms with Gasteiger partial charge in [0.1, 0.15) is 42.7 Å². The molecule has 2 fully saturated rings. The highest BCUT2D eigenvalue weighted by atomic mass is 32.2. The molecule has 29 heavy (non-hydrogen) atoms. The van der Waals surface area contributed by atoms with Crippen molar-refractivity contribution in [2.75, 3.05) is 20.3 Å². The fraction of sp³-hybridized carbons (Fsp3) is 0.929. The number of aliphatic hydroxyl groups excluding tert-OH is 4. The molecule has 0 spiro atoms. The number of rotatable bonds is 9. The van der Waals surface area contributed by atoms with Crippen LogP contribution in [0.1, 0.15) is 6.92 Å². The topological polar surface area (TPSA) is 195 Å². The smallest absolute Gasteiger partial charge is 0.217 e. The maximum atomic E-state index is 11.7. The maximum absolute atomic E-state index is 11.7. The molecule has 0 bridgehead atoms. The molecule has 0 saturated carbocycles. The lowest BCUT2D eigenvalue weighted by atomic mass is 9.96. The van der Waals surface area contributed by atoms with Crippen molar-refractivity contribution in [2.45, 2.75) is 62.2 Å². The van der Waals surface area contributed by atoms with Gasteiger partial charge in [-0.1, -0.05) is 5.04 Å². The molecule has 2 aliphatic heterocycles. The van der Waals surface area contributed by atoms with Gasteiger partial charge in [-0.3, -0.25) is 8.98 Å². The Kier molecular flexibility index (Phi) is 9.89. The zero-order chi connectivity index (χ0) is 21.6. The Bertz CT molecular complexity index is 516. The molecule has 0 radical (unpaired) electrons. The van der Waals surface area contributed by atoms with Crippen LogP contribution in [0.25, 0.3) is 0 Å². The number of hydrogen-bond acceptors (Lipinski definition) is 14. The quantitative estimate of drug-likeness (QED) is 0.0908. The average Bonchev–Trinajstić information content (AvgIpc) is 2.69. The molecule has 2 heterocycles. The van der Waals surface area contributed by atoms with Crippen LogP contribution < -0.4 is 5.32 Å². The van der Waals surface area contributed by atoms with Gasteiger partial charge in [0.15, 0.2) is 24.9 Å². The molecule has 0 aromatic rings. The van der Waals surface area contributed by atoms with E-state index in [-0.39, 0.29) is 18.9 Å².